The fraction of sp³-hybridized carbons (Fsp3) is 0.951. The van der Waals surface area contributed by atoms with E-state index in [1.165, 1.54) is 231 Å². The van der Waals surface area contributed by atoms with Crippen LogP contribution in [0.3, 0.4) is 0 Å². The third-order valence-corrected chi connectivity index (χ3v) is 21.5. The van der Waals surface area contributed by atoms with E-state index in [1.807, 2.05) is 0 Å². The molecule has 0 aliphatic rings. The maximum absolute atomic E-state index is 13.1. The Morgan fingerprint density at radius 1 is 0.290 bits per heavy atom. The second-order valence-electron chi connectivity index (χ2n) is 30.1. The normalized spacial score (nSPS) is 14.5. The average molecular weight is 1470 g/mol. The zero-order valence-corrected chi connectivity index (χ0v) is 67.5. The molecule has 0 radical (unpaired) electrons. The summed E-state index contributed by atoms with van der Waals surface area (Å²) in [6.07, 6.45) is 59.5. The highest BCUT2D eigenvalue weighted by molar-refractivity contribution is 7.47. The maximum atomic E-state index is 13.1. The molecule has 0 saturated heterocycles. The molecule has 0 saturated carbocycles. The number of aliphatic hydroxyl groups excluding tert-OH is 1. The van der Waals surface area contributed by atoms with Crippen LogP contribution >= 0.6 is 15.6 Å². The number of phosphoric ester groups is 2. The average Bonchev–Trinajstić information content (AvgIpc) is 0.936. The summed E-state index contributed by atoms with van der Waals surface area (Å²) in [5.74, 6) is 0.265. The van der Waals surface area contributed by atoms with Gasteiger partial charge in [0, 0.05) is 25.7 Å². The van der Waals surface area contributed by atoms with E-state index in [-0.39, 0.29) is 25.7 Å². The molecule has 0 aromatic heterocycles. The lowest BCUT2D eigenvalue weighted by Gasteiger charge is -2.21. The minimum absolute atomic E-state index is 0.106. The van der Waals surface area contributed by atoms with Gasteiger partial charge in [-0.25, -0.2) is 9.13 Å². The van der Waals surface area contributed by atoms with E-state index in [1.54, 1.807) is 0 Å². The molecule has 0 heterocycles. The second-order valence-corrected chi connectivity index (χ2v) is 33.0. The summed E-state index contributed by atoms with van der Waals surface area (Å²) in [4.78, 5) is 73.1. The number of unbranched alkanes of at least 4 members (excludes halogenated alkanes) is 45. The molecule has 0 amide bonds. The smallest absolute Gasteiger partial charge is 0.462 e. The Balaban J connectivity index is 5.27. The summed E-state index contributed by atoms with van der Waals surface area (Å²) in [7, 11) is -9.92. The number of hydrogen-bond acceptors (Lipinski definition) is 15. The third kappa shape index (κ3) is 71.7. The standard InChI is InChI=1S/C81H158O17P2/c1-8-11-12-13-14-15-16-17-18-19-20-24-27-33-41-48-55-62-78(83)91-68-76(97-80(85)64-57-50-43-34-28-25-22-21-23-26-32-39-46-53-60-73(6)9-2)70-95-99(87,88)93-66-75(82)67-94-100(89,90)96-71-77(69-92-79(84)63-56-49-42-37-36-40-47-54-61-74(7)10-3)98-81(86)65-58-51-44-35-30-29-31-38-45-52-59-72(4)5/h72-77,82H,8-71H2,1-7H3,(H,87,88)(H,89,90)/t73?,74?,75-,76-,77-/m1/s1. The first-order valence-corrected chi connectivity index (χ1v) is 44.9. The summed E-state index contributed by atoms with van der Waals surface area (Å²) < 4.78 is 68.7. The number of rotatable bonds is 79. The lowest BCUT2D eigenvalue weighted by atomic mass is 9.99. The van der Waals surface area contributed by atoms with Gasteiger partial charge < -0.3 is 33.8 Å². The first-order chi connectivity index (χ1) is 48.3. The van der Waals surface area contributed by atoms with Crippen molar-refractivity contribution in [1.29, 1.82) is 0 Å². The van der Waals surface area contributed by atoms with Gasteiger partial charge in [0.05, 0.1) is 26.4 Å². The van der Waals surface area contributed by atoms with Crippen LogP contribution in [0.15, 0.2) is 0 Å². The fourth-order valence-electron chi connectivity index (χ4n) is 12.4. The maximum Gasteiger partial charge on any atom is 0.472 e. The van der Waals surface area contributed by atoms with Crippen LogP contribution in [0.5, 0.6) is 0 Å². The summed E-state index contributed by atoms with van der Waals surface area (Å²) in [6, 6.07) is 0. The monoisotopic (exact) mass is 1470 g/mol. The van der Waals surface area contributed by atoms with Crippen LogP contribution in [-0.4, -0.2) is 96.7 Å². The molecule has 0 spiro atoms. The molecule has 19 heteroatoms. The van der Waals surface area contributed by atoms with Crippen LogP contribution in [-0.2, 0) is 65.4 Å². The number of aliphatic hydroxyl groups is 1. The number of hydrogen-bond donors (Lipinski definition) is 3. The molecular weight excluding hydrogens is 1310 g/mol. The minimum atomic E-state index is -4.96. The molecule has 100 heavy (non-hydrogen) atoms. The van der Waals surface area contributed by atoms with E-state index in [0.29, 0.717) is 25.7 Å². The predicted molar refractivity (Wildman–Crippen MR) is 409 cm³/mol. The lowest BCUT2D eigenvalue weighted by Crippen LogP contribution is -2.30. The van der Waals surface area contributed by atoms with Crippen molar-refractivity contribution in [2.45, 2.75) is 439 Å². The SMILES string of the molecule is CCCCCCCCCCCCCCCCCCCC(=O)OC[C@H](COP(=O)(O)OC[C@@H](O)COP(=O)(O)OC[C@@H](COC(=O)CCCCCCCCCCC(C)CC)OC(=O)CCCCCCCCCCCCC(C)C)OC(=O)CCCCCCCCCCCCCCCCC(C)CC. The van der Waals surface area contributed by atoms with Gasteiger partial charge in [0.25, 0.3) is 0 Å². The van der Waals surface area contributed by atoms with Gasteiger partial charge in [-0.2, -0.15) is 0 Å². The molecule has 0 rings (SSSR count). The van der Waals surface area contributed by atoms with Gasteiger partial charge >= 0.3 is 39.5 Å². The van der Waals surface area contributed by atoms with Crippen molar-refractivity contribution in [1.82, 2.24) is 0 Å². The zero-order chi connectivity index (χ0) is 73.7. The molecule has 7 atom stereocenters. The number of carbonyl (C=O) groups excluding carboxylic acids is 4. The number of carbonyl (C=O) groups is 4. The van der Waals surface area contributed by atoms with Crippen LogP contribution in [0, 0.1) is 17.8 Å². The molecule has 0 aromatic rings. The Morgan fingerprint density at radius 2 is 0.510 bits per heavy atom. The van der Waals surface area contributed by atoms with Gasteiger partial charge in [-0.15, -0.1) is 0 Å². The Labute approximate surface area is 613 Å². The van der Waals surface area contributed by atoms with E-state index in [0.717, 1.165) is 108 Å². The van der Waals surface area contributed by atoms with Crippen LogP contribution in [0.25, 0.3) is 0 Å². The van der Waals surface area contributed by atoms with E-state index >= 15 is 0 Å². The molecule has 0 bridgehead atoms. The molecule has 0 aliphatic carbocycles. The Hall–Kier alpha value is -1.94. The molecule has 0 aromatic carbocycles. The van der Waals surface area contributed by atoms with Crippen LogP contribution < -0.4 is 0 Å². The van der Waals surface area contributed by atoms with E-state index in [2.05, 4.69) is 48.5 Å². The van der Waals surface area contributed by atoms with Gasteiger partial charge in [-0.1, -0.05) is 370 Å². The molecule has 0 aliphatic heterocycles. The molecule has 4 unspecified atom stereocenters. The quantitative estimate of drug-likeness (QED) is 0.0222. The summed E-state index contributed by atoms with van der Waals surface area (Å²) in [5.41, 5.74) is 0. The molecular formula is C81H158O17P2. The number of phosphoric acid groups is 2. The van der Waals surface area contributed by atoms with Gasteiger partial charge in [-0.05, 0) is 43.4 Å². The van der Waals surface area contributed by atoms with E-state index in [9.17, 15) is 43.2 Å². The Kier molecular flexibility index (Phi) is 69.9. The van der Waals surface area contributed by atoms with Crippen molar-refractivity contribution in [3.05, 3.63) is 0 Å². The number of esters is 4. The van der Waals surface area contributed by atoms with Gasteiger partial charge in [0.15, 0.2) is 12.2 Å². The molecule has 0 fully saturated rings. The summed E-state index contributed by atoms with van der Waals surface area (Å²) >= 11 is 0. The Bertz CT molecular complexity index is 1940. The van der Waals surface area contributed by atoms with Crippen molar-refractivity contribution < 1.29 is 80.2 Å². The highest BCUT2D eigenvalue weighted by atomic mass is 31.2. The summed E-state index contributed by atoms with van der Waals surface area (Å²) in [5, 5.41) is 10.6. The number of ether oxygens (including phenoxy) is 4. The van der Waals surface area contributed by atoms with Crippen LogP contribution in [0.2, 0.25) is 0 Å². The fourth-order valence-corrected chi connectivity index (χ4v) is 14.0. The first-order valence-electron chi connectivity index (χ1n) is 41.9. The van der Waals surface area contributed by atoms with Gasteiger partial charge in [-0.3, -0.25) is 37.3 Å². The highest BCUT2D eigenvalue weighted by Crippen LogP contribution is 2.45. The van der Waals surface area contributed by atoms with Crippen molar-refractivity contribution in [3.8, 4) is 0 Å². The lowest BCUT2D eigenvalue weighted by molar-refractivity contribution is -0.161. The highest BCUT2D eigenvalue weighted by Gasteiger charge is 2.30. The van der Waals surface area contributed by atoms with Crippen molar-refractivity contribution in [3.63, 3.8) is 0 Å². The molecule has 594 valence electrons. The molecule has 3 N–H and O–H groups in total. The van der Waals surface area contributed by atoms with E-state index in [4.69, 9.17) is 37.0 Å². The van der Waals surface area contributed by atoms with Crippen LogP contribution in [0.4, 0.5) is 0 Å². The van der Waals surface area contributed by atoms with Gasteiger partial charge in [0.1, 0.15) is 19.3 Å². The predicted octanol–water partition coefficient (Wildman–Crippen LogP) is 24.1. The topological polar surface area (TPSA) is 237 Å². The largest absolute Gasteiger partial charge is 0.472 e. The van der Waals surface area contributed by atoms with Crippen molar-refractivity contribution in [2.75, 3.05) is 39.6 Å². The second kappa shape index (κ2) is 71.3. The minimum Gasteiger partial charge on any atom is -0.462 e. The third-order valence-electron chi connectivity index (χ3n) is 19.6. The zero-order valence-electron chi connectivity index (χ0n) is 65.7. The van der Waals surface area contributed by atoms with E-state index < -0.39 is 97.5 Å². The summed E-state index contributed by atoms with van der Waals surface area (Å²) in [6.45, 7) is 12.0. The molecule has 17 nitrogen and oxygen atoms in total. The van der Waals surface area contributed by atoms with Crippen LogP contribution in [0.1, 0.15) is 421 Å². The van der Waals surface area contributed by atoms with Crippen molar-refractivity contribution >= 4 is 39.5 Å². The van der Waals surface area contributed by atoms with Crippen molar-refractivity contribution in [2.24, 2.45) is 17.8 Å². The van der Waals surface area contributed by atoms with Gasteiger partial charge in [0.2, 0.25) is 0 Å². The Morgan fingerprint density at radius 3 is 0.760 bits per heavy atom. The first kappa shape index (κ1) is 98.1.